The summed E-state index contributed by atoms with van der Waals surface area (Å²) in [7, 11) is 0. The lowest BCUT2D eigenvalue weighted by Gasteiger charge is -2.16. The Kier molecular flexibility index (Phi) is 2.48. The number of hydrogen-bond donors (Lipinski definition) is 0. The molecule has 0 aromatic carbocycles. The third kappa shape index (κ3) is 1.76. The van der Waals surface area contributed by atoms with Crippen LogP contribution in [0.15, 0.2) is 35.3 Å². The van der Waals surface area contributed by atoms with E-state index in [0.29, 0.717) is 6.04 Å². The van der Waals surface area contributed by atoms with Crippen LogP contribution in [-0.4, -0.2) is 33.1 Å². The first-order valence-electron chi connectivity index (χ1n) is 6.76. The summed E-state index contributed by atoms with van der Waals surface area (Å²) >= 11 is 0. The molecule has 20 heavy (non-hydrogen) atoms. The molecular formula is C14H15N5O. The predicted molar refractivity (Wildman–Crippen MR) is 74.6 cm³/mol. The maximum atomic E-state index is 5.54. The Labute approximate surface area is 116 Å². The van der Waals surface area contributed by atoms with E-state index in [2.05, 4.69) is 33.3 Å². The molecule has 1 fully saturated rings. The van der Waals surface area contributed by atoms with Gasteiger partial charge in [-0.25, -0.2) is 0 Å². The van der Waals surface area contributed by atoms with Gasteiger partial charge < -0.3 is 9.32 Å². The molecule has 1 aliphatic rings. The quantitative estimate of drug-likeness (QED) is 0.713. The Morgan fingerprint density at radius 2 is 2.30 bits per heavy atom. The van der Waals surface area contributed by atoms with Gasteiger partial charge in [-0.15, -0.1) is 5.10 Å². The van der Waals surface area contributed by atoms with E-state index in [1.54, 1.807) is 12.5 Å². The van der Waals surface area contributed by atoms with Crippen LogP contribution in [0.3, 0.4) is 0 Å². The molecule has 102 valence electrons. The minimum absolute atomic E-state index is 0.385. The van der Waals surface area contributed by atoms with Crippen molar-refractivity contribution in [2.45, 2.75) is 19.4 Å². The highest BCUT2D eigenvalue weighted by Crippen LogP contribution is 2.30. The maximum Gasteiger partial charge on any atom is 0.195 e. The summed E-state index contributed by atoms with van der Waals surface area (Å²) in [6, 6.07) is 2.30. The zero-order valence-corrected chi connectivity index (χ0v) is 11.2. The average molecular weight is 269 g/mol. The largest absolute Gasteiger partial charge is 0.460 e. The van der Waals surface area contributed by atoms with Crippen molar-refractivity contribution >= 4 is 16.8 Å². The van der Waals surface area contributed by atoms with E-state index in [9.17, 15) is 0 Å². The van der Waals surface area contributed by atoms with Gasteiger partial charge in [0, 0.05) is 24.7 Å². The predicted octanol–water partition coefficient (Wildman–Crippen LogP) is 2.18. The molecule has 3 aromatic rings. The summed E-state index contributed by atoms with van der Waals surface area (Å²) in [5.41, 5.74) is 2.01. The number of rotatable bonds is 2. The van der Waals surface area contributed by atoms with Gasteiger partial charge >= 0.3 is 0 Å². The summed E-state index contributed by atoms with van der Waals surface area (Å²) in [5, 5.41) is 13.7. The fraction of sp³-hybridized carbons (Fsp3) is 0.357. The molecule has 0 saturated carbocycles. The van der Waals surface area contributed by atoms with Crippen molar-refractivity contribution in [1.82, 2.24) is 20.0 Å². The van der Waals surface area contributed by atoms with E-state index in [1.807, 2.05) is 16.9 Å². The van der Waals surface area contributed by atoms with Gasteiger partial charge in [0.25, 0.3) is 0 Å². The highest BCUT2D eigenvalue weighted by atomic mass is 16.3. The minimum Gasteiger partial charge on any atom is -0.460 e. The Morgan fingerprint density at radius 1 is 1.35 bits per heavy atom. The van der Waals surface area contributed by atoms with Gasteiger partial charge in [-0.3, -0.25) is 4.68 Å². The topological polar surface area (TPSA) is 60.0 Å². The van der Waals surface area contributed by atoms with Crippen molar-refractivity contribution in [2.24, 2.45) is 0 Å². The lowest BCUT2D eigenvalue weighted by molar-refractivity contribution is 0.494. The van der Waals surface area contributed by atoms with Gasteiger partial charge in [0.2, 0.25) is 0 Å². The fourth-order valence-electron chi connectivity index (χ4n) is 2.78. The first kappa shape index (κ1) is 11.5. The van der Waals surface area contributed by atoms with Crippen molar-refractivity contribution in [1.29, 1.82) is 0 Å². The van der Waals surface area contributed by atoms with Crippen LogP contribution in [0.5, 0.6) is 0 Å². The van der Waals surface area contributed by atoms with Crippen molar-refractivity contribution in [3.8, 4) is 0 Å². The summed E-state index contributed by atoms with van der Waals surface area (Å²) in [6.07, 6.45) is 8.46. The molecule has 6 nitrogen and oxygen atoms in total. The third-order valence-corrected chi connectivity index (χ3v) is 3.82. The molecule has 0 radical (unpaired) electrons. The van der Waals surface area contributed by atoms with Gasteiger partial charge in [0.1, 0.15) is 0 Å². The summed E-state index contributed by atoms with van der Waals surface area (Å²) in [5.74, 6) is 0.832. The Morgan fingerprint density at radius 3 is 3.15 bits per heavy atom. The highest BCUT2D eigenvalue weighted by Gasteiger charge is 2.27. The van der Waals surface area contributed by atoms with Crippen LogP contribution < -0.4 is 4.90 Å². The van der Waals surface area contributed by atoms with E-state index in [4.69, 9.17) is 4.42 Å². The minimum atomic E-state index is 0.385. The molecule has 4 heterocycles. The lowest BCUT2D eigenvalue weighted by Crippen LogP contribution is -2.22. The van der Waals surface area contributed by atoms with Crippen LogP contribution >= 0.6 is 0 Å². The van der Waals surface area contributed by atoms with Crippen LogP contribution in [0.1, 0.15) is 18.0 Å². The molecule has 1 aliphatic heterocycles. The highest BCUT2D eigenvalue weighted by molar-refractivity contribution is 5.86. The van der Waals surface area contributed by atoms with E-state index in [0.717, 1.165) is 36.3 Å². The number of nitrogens with zero attached hydrogens (tertiary/aromatic N) is 5. The molecule has 1 saturated heterocycles. The van der Waals surface area contributed by atoms with Gasteiger partial charge in [-0.1, -0.05) is 0 Å². The SMILES string of the molecule is Cc1cnn(C2CCN(c3nncc4ccoc34)C2)c1. The molecule has 1 atom stereocenters. The van der Waals surface area contributed by atoms with Gasteiger partial charge in [-0.05, 0) is 25.0 Å². The fourth-order valence-corrected chi connectivity index (χ4v) is 2.78. The zero-order valence-electron chi connectivity index (χ0n) is 11.2. The average Bonchev–Trinajstić information content (AvgIpc) is 3.17. The molecule has 0 amide bonds. The second-order valence-electron chi connectivity index (χ2n) is 5.26. The number of furan rings is 1. The Hall–Kier alpha value is -2.37. The Bertz CT molecular complexity index is 747. The van der Waals surface area contributed by atoms with Crippen LogP contribution in [0, 0.1) is 6.92 Å². The maximum absolute atomic E-state index is 5.54. The van der Waals surface area contributed by atoms with E-state index in [-0.39, 0.29) is 0 Å². The van der Waals surface area contributed by atoms with Crippen LogP contribution in [0.25, 0.3) is 11.0 Å². The second kappa shape index (κ2) is 4.33. The monoisotopic (exact) mass is 269 g/mol. The molecule has 1 unspecified atom stereocenters. The molecule has 3 aromatic heterocycles. The molecule has 6 heteroatoms. The van der Waals surface area contributed by atoms with E-state index < -0.39 is 0 Å². The summed E-state index contributed by atoms with van der Waals surface area (Å²) in [6.45, 7) is 3.89. The number of aryl methyl sites for hydroxylation is 1. The van der Waals surface area contributed by atoms with E-state index in [1.165, 1.54) is 5.56 Å². The van der Waals surface area contributed by atoms with Crippen molar-refractivity contribution < 1.29 is 4.42 Å². The third-order valence-electron chi connectivity index (χ3n) is 3.82. The summed E-state index contributed by atoms with van der Waals surface area (Å²) in [4.78, 5) is 2.22. The van der Waals surface area contributed by atoms with Gasteiger partial charge in [-0.2, -0.15) is 10.2 Å². The molecule has 0 spiro atoms. The standard InChI is InChI=1S/C14H15N5O/c1-10-6-16-19(8-10)12-2-4-18(9-12)14-13-11(3-5-20-13)7-15-17-14/h3,5-8,12H,2,4,9H2,1H3. The molecular weight excluding hydrogens is 254 g/mol. The number of fused-ring (bicyclic) bond motifs is 1. The first-order valence-corrected chi connectivity index (χ1v) is 6.76. The zero-order chi connectivity index (χ0) is 13.5. The lowest BCUT2D eigenvalue weighted by atomic mass is 10.3. The van der Waals surface area contributed by atoms with Crippen LogP contribution in [0.4, 0.5) is 5.82 Å². The smallest absolute Gasteiger partial charge is 0.195 e. The van der Waals surface area contributed by atoms with Crippen molar-refractivity contribution in [2.75, 3.05) is 18.0 Å². The number of anilines is 1. The Balaban J connectivity index is 1.63. The van der Waals surface area contributed by atoms with Crippen molar-refractivity contribution in [3.63, 3.8) is 0 Å². The first-order chi connectivity index (χ1) is 9.81. The normalized spacial score (nSPS) is 19.1. The summed E-state index contributed by atoms with van der Waals surface area (Å²) < 4.78 is 7.59. The number of aromatic nitrogens is 4. The molecule has 0 aliphatic carbocycles. The number of hydrogen-bond acceptors (Lipinski definition) is 5. The van der Waals surface area contributed by atoms with Crippen molar-refractivity contribution in [3.05, 3.63) is 36.5 Å². The van der Waals surface area contributed by atoms with Gasteiger partial charge in [0.15, 0.2) is 11.4 Å². The van der Waals surface area contributed by atoms with Crippen LogP contribution in [-0.2, 0) is 0 Å². The van der Waals surface area contributed by atoms with Crippen LogP contribution in [0.2, 0.25) is 0 Å². The molecule has 0 bridgehead atoms. The molecule has 4 rings (SSSR count). The van der Waals surface area contributed by atoms with E-state index >= 15 is 0 Å². The second-order valence-corrected chi connectivity index (χ2v) is 5.26. The molecule has 0 N–H and O–H groups in total. The van der Waals surface area contributed by atoms with Gasteiger partial charge in [0.05, 0.1) is 24.7 Å².